The monoisotopic (exact) mass is 243 g/mol. The Balaban J connectivity index is 1.78. The first kappa shape index (κ1) is 12.8. The Labute approximate surface area is 109 Å². The molecular formula is C15H21N3. The van der Waals surface area contributed by atoms with Crippen LogP contribution in [0.25, 0.3) is 0 Å². The van der Waals surface area contributed by atoms with Crippen LogP contribution in [0.5, 0.6) is 0 Å². The topological polar surface area (TPSA) is 29.9 Å². The van der Waals surface area contributed by atoms with Crippen LogP contribution in [0.4, 0.5) is 0 Å². The smallest absolute Gasteiger partial charge is 0.0534 e. The molecule has 0 aliphatic carbocycles. The van der Waals surface area contributed by atoms with Crippen molar-refractivity contribution >= 4 is 0 Å². The quantitative estimate of drug-likeness (QED) is 0.845. The number of rotatable bonds is 6. The van der Waals surface area contributed by atoms with E-state index in [2.05, 4.69) is 60.8 Å². The summed E-state index contributed by atoms with van der Waals surface area (Å²) in [6.45, 7) is 7.15. The maximum atomic E-state index is 4.27. The molecule has 0 spiro atoms. The lowest BCUT2D eigenvalue weighted by Gasteiger charge is -2.12. The Morgan fingerprint density at radius 2 is 2.06 bits per heavy atom. The molecule has 0 amide bonds. The molecular weight excluding hydrogens is 222 g/mol. The molecule has 0 fully saturated rings. The van der Waals surface area contributed by atoms with Gasteiger partial charge in [0.2, 0.25) is 0 Å². The lowest BCUT2D eigenvalue weighted by molar-refractivity contribution is 0.613. The summed E-state index contributed by atoms with van der Waals surface area (Å²) in [6.07, 6.45) is 4.03. The molecule has 2 rings (SSSR count). The molecule has 0 aliphatic heterocycles. The van der Waals surface area contributed by atoms with Crippen LogP contribution in [0.3, 0.4) is 0 Å². The normalized spacial score (nSPS) is 12.6. The van der Waals surface area contributed by atoms with Crippen LogP contribution in [-0.4, -0.2) is 16.3 Å². The van der Waals surface area contributed by atoms with Crippen LogP contribution < -0.4 is 5.32 Å². The van der Waals surface area contributed by atoms with Gasteiger partial charge in [-0.05, 0) is 18.4 Å². The van der Waals surface area contributed by atoms with Crippen LogP contribution in [0, 0.1) is 0 Å². The van der Waals surface area contributed by atoms with E-state index in [0.29, 0.717) is 5.92 Å². The zero-order chi connectivity index (χ0) is 12.8. The molecule has 1 heterocycles. The minimum atomic E-state index is 0.535. The number of aryl methyl sites for hydroxylation is 1. The predicted molar refractivity (Wildman–Crippen MR) is 74.5 cm³/mol. The van der Waals surface area contributed by atoms with E-state index in [4.69, 9.17) is 0 Å². The van der Waals surface area contributed by atoms with Gasteiger partial charge in [-0.25, -0.2) is 0 Å². The Morgan fingerprint density at radius 3 is 2.72 bits per heavy atom. The van der Waals surface area contributed by atoms with Gasteiger partial charge in [-0.3, -0.25) is 4.68 Å². The van der Waals surface area contributed by atoms with E-state index in [-0.39, 0.29) is 0 Å². The SMILES string of the molecule is CCn1cc(CNCC(C)c2ccccc2)cn1. The van der Waals surface area contributed by atoms with Crippen LogP contribution in [-0.2, 0) is 13.1 Å². The first-order valence-electron chi connectivity index (χ1n) is 6.56. The highest BCUT2D eigenvalue weighted by atomic mass is 15.3. The summed E-state index contributed by atoms with van der Waals surface area (Å²) in [6, 6.07) is 10.6. The second-order valence-electron chi connectivity index (χ2n) is 4.65. The van der Waals surface area contributed by atoms with Gasteiger partial charge in [0.25, 0.3) is 0 Å². The van der Waals surface area contributed by atoms with Gasteiger partial charge in [-0.15, -0.1) is 0 Å². The minimum absolute atomic E-state index is 0.535. The first-order chi connectivity index (χ1) is 8.79. The largest absolute Gasteiger partial charge is 0.312 e. The van der Waals surface area contributed by atoms with E-state index in [1.54, 1.807) is 0 Å². The fourth-order valence-electron chi connectivity index (χ4n) is 2.00. The fraction of sp³-hybridized carbons (Fsp3) is 0.400. The molecule has 3 heteroatoms. The van der Waals surface area contributed by atoms with Gasteiger partial charge >= 0.3 is 0 Å². The number of nitrogens with zero attached hydrogens (tertiary/aromatic N) is 2. The van der Waals surface area contributed by atoms with Crippen LogP contribution in [0.2, 0.25) is 0 Å². The summed E-state index contributed by atoms with van der Waals surface area (Å²) in [5.74, 6) is 0.535. The third-order valence-corrected chi connectivity index (χ3v) is 3.16. The van der Waals surface area contributed by atoms with Crippen LogP contribution in [0.1, 0.15) is 30.9 Å². The van der Waals surface area contributed by atoms with E-state index >= 15 is 0 Å². The highest BCUT2D eigenvalue weighted by Crippen LogP contribution is 2.13. The molecule has 18 heavy (non-hydrogen) atoms. The van der Waals surface area contributed by atoms with Crippen molar-refractivity contribution in [1.82, 2.24) is 15.1 Å². The number of benzene rings is 1. The molecule has 1 aromatic heterocycles. The van der Waals surface area contributed by atoms with Crippen molar-refractivity contribution in [3.05, 3.63) is 53.9 Å². The van der Waals surface area contributed by atoms with Gasteiger partial charge in [0, 0.05) is 31.4 Å². The molecule has 2 aromatic rings. The van der Waals surface area contributed by atoms with Crippen LogP contribution >= 0.6 is 0 Å². The van der Waals surface area contributed by atoms with Crippen molar-refractivity contribution < 1.29 is 0 Å². The number of hydrogen-bond donors (Lipinski definition) is 1. The summed E-state index contributed by atoms with van der Waals surface area (Å²) in [5.41, 5.74) is 2.63. The van der Waals surface area contributed by atoms with E-state index < -0.39 is 0 Å². The third-order valence-electron chi connectivity index (χ3n) is 3.16. The Kier molecular flexibility index (Phi) is 4.53. The van der Waals surface area contributed by atoms with Gasteiger partial charge in [0.05, 0.1) is 6.20 Å². The Hall–Kier alpha value is -1.61. The van der Waals surface area contributed by atoms with Crippen molar-refractivity contribution in [3.8, 4) is 0 Å². The van der Waals surface area contributed by atoms with Crippen molar-refractivity contribution in [1.29, 1.82) is 0 Å². The summed E-state index contributed by atoms with van der Waals surface area (Å²) in [4.78, 5) is 0. The number of nitrogens with one attached hydrogen (secondary N) is 1. The molecule has 1 N–H and O–H groups in total. The summed E-state index contributed by atoms with van der Waals surface area (Å²) < 4.78 is 1.96. The van der Waals surface area contributed by atoms with Crippen molar-refractivity contribution in [2.75, 3.05) is 6.54 Å². The minimum Gasteiger partial charge on any atom is -0.312 e. The van der Waals surface area contributed by atoms with Gasteiger partial charge in [-0.1, -0.05) is 37.3 Å². The van der Waals surface area contributed by atoms with Crippen LogP contribution in [0.15, 0.2) is 42.7 Å². The standard InChI is InChI=1S/C15H21N3/c1-3-18-12-14(11-17-18)10-16-9-13(2)15-7-5-4-6-8-15/h4-8,11-13,16H,3,9-10H2,1-2H3. The summed E-state index contributed by atoms with van der Waals surface area (Å²) in [7, 11) is 0. The summed E-state index contributed by atoms with van der Waals surface area (Å²) in [5, 5.41) is 7.75. The lowest BCUT2D eigenvalue weighted by Crippen LogP contribution is -2.19. The van der Waals surface area contributed by atoms with E-state index in [0.717, 1.165) is 19.6 Å². The van der Waals surface area contributed by atoms with Crippen molar-refractivity contribution in [2.45, 2.75) is 32.9 Å². The molecule has 96 valence electrons. The molecule has 1 aromatic carbocycles. The predicted octanol–water partition coefficient (Wildman–Crippen LogP) is 2.80. The molecule has 1 unspecified atom stereocenters. The van der Waals surface area contributed by atoms with E-state index in [1.807, 2.05) is 10.9 Å². The zero-order valence-electron chi connectivity index (χ0n) is 11.1. The molecule has 0 radical (unpaired) electrons. The highest BCUT2D eigenvalue weighted by Gasteiger charge is 2.04. The third kappa shape index (κ3) is 3.44. The molecule has 0 saturated heterocycles. The second-order valence-corrected chi connectivity index (χ2v) is 4.65. The second kappa shape index (κ2) is 6.36. The maximum Gasteiger partial charge on any atom is 0.0534 e. The molecule has 0 aliphatic rings. The first-order valence-corrected chi connectivity index (χ1v) is 6.56. The lowest BCUT2D eigenvalue weighted by atomic mass is 10.0. The number of hydrogen-bond acceptors (Lipinski definition) is 2. The maximum absolute atomic E-state index is 4.27. The molecule has 0 bridgehead atoms. The van der Waals surface area contributed by atoms with Gasteiger partial charge in [0.1, 0.15) is 0 Å². The Morgan fingerprint density at radius 1 is 1.28 bits per heavy atom. The fourth-order valence-corrected chi connectivity index (χ4v) is 2.00. The molecule has 3 nitrogen and oxygen atoms in total. The van der Waals surface area contributed by atoms with Gasteiger partial charge in [-0.2, -0.15) is 5.10 Å². The zero-order valence-corrected chi connectivity index (χ0v) is 11.1. The van der Waals surface area contributed by atoms with Gasteiger partial charge in [0.15, 0.2) is 0 Å². The number of aromatic nitrogens is 2. The van der Waals surface area contributed by atoms with E-state index in [1.165, 1.54) is 11.1 Å². The Bertz CT molecular complexity index is 462. The average Bonchev–Trinajstić information content (AvgIpc) is 2.87. The van der Waals surface area contributed by atoms with Crippen molar-refractivity contribution in [2.24, 2.45) is 0 Å². The molecule has 0 saturated carbocycles. The summed E-state index contributed by atoms with van der Waals surface area (Å²) >= 11 is 0. The van der Waals surface area contributed by atoms with Crippen molar-refractivity contribution in [3.63, 3.8) is 0 Å². The average molecular weight is 243 g/mol. The van der Waals surface area contributed by atoms with E-state index in [9.17, 15) is 0 Å². The highest BCUT2D eigenvalue weighted by molar-refractivity contribution is 5.19. The van der Waals surface area contributed by atoms with Gasteiger partial charge < -0.3 is 5.32 Å². The molecule has 1 atom stereocenters.